The van der Waals surface area contributed by atoms with Gasteiger partial charge in [-0.05, 0) is 44.9 Å². The number of carbonyl (C=O) groups excluding carboxylic acids is 1. The Morgan fingerprint density at radius 1 is 0.595 bits per heavy atom. The smallest absolute Gasteiger partial charge is 0.222 e. The molecule has 5 heteroatoms. The van der Waals surface area contributed by atoms with Gasteiger partial charge in [-0.2, -0.15) is 0 Å². The number of carbonyl (C=O) groups is 1. The van der Waals surface area contributed by atoms with E-state index in [1.807, 2.05) is 6.08 Å². The van der Waals surface area contributed by atoms with Crippen molar-refractivity contribution >= 4 is 5.91 Å². The minimum Gasteiger partial charge on any atom is -0.394 e. The van der Waals surface area contributed by atoms with Crippen molar-refractivity contribution in [1.82, 2.24) is 5.32 Å². The lowest BCUT2D eigenvalue weighted by Crippen LogP contribution is -2.45. The zero-order valence-electron chi connectivity index (χ0n) is 27.9. The van der Waals surface area contributed by atoms with Crippen LogP contribution in [0.1, 0.15) is 181 Å². The lowest BCUT2D eigenvalue weighted by molar-refractivity contribution is -0.124. The van der Waals surface area contributed by atoms with Crippen LogP contribution in [0.2, 0.25) is 0 Å². The second-order valence-electron chi connectivity index (χ2n) is 12.5. The molecule has 0 fully saturated rings. The average molecular weight is 594 g/mol. The first kappa shape index (κ1) is 40.8. The lowest BCUT2D eigenvalue weighted by atomic mass is 10.0. The Morgan fingerprint density at radius 3 is 1.48 bits per heavy atom. The van der Waals surface area contributed by atoms with Crippen molar-refractivity contribution in [3.63, 3.8) is 0 Å². The molecule has 5 nitrogen and oxygen atoms in total. The van der Waals surface area contributed by atoms with Gasteiger partial charge in [-0.3, -0.25) is 4.79 Å². The third-order valence-corrected chi connectivity index (χ3v) is 8.23. The Balaban J connectivity index is 3.77. The van der Waals surface area contributed by atoms with Gasteiger partial charge in [-0.1, -0.05) is 154 Å². The molecule has 0 bridgehead atoms. The quantitative estimate of drug-likeness (QED) is 0.0462. The summed E-state index contributed by atoms with van der Waals surface area (Å²) in [6, 6.07) is -0.742. The van der Waals surface area contributed by atoms with E-state index in [9.17, 15) is 20.1 Å². The van der Waals surface area contributed by atoms with E-state index < -0.39 is 18.2 Å². The van der Waals surface area contributed by atoms with E-state index in [0.29, 0.717) is 6.42 Å². The predicted molar refractivity (Wildman–Crippen MR) is 181 cm³/mol. The number of nitrogens with one attached hydrogen (secondary N) is 1. The summed E-state index contributed by atoms with van der Waals surface area (Å²) in [7, 11) is 0. The summed E-state index contributed by atoms with van der Waals surface area (Å²) >= 11 is 0. The summed E-state index contributed by atoms with van der Waals surface area (Å²) in [4.78, 5) is 12.3. The number of aliphatic hydroxyl groups is 3. The topological polar surface area (TPSA) is 89.8 Å². The maximum Gasteiger partial charge on any atom is 0.222 e. The maximum atomic E-state index is 12.3. The van der Waals surface area contributed by atoms with Crippen LogP contribution in [0.3, 0.4) is 0 Å². The molecule has 0 radical (unpaired) electrons. The van der Waals surface area contributed by atoms with Crippen LogP contribution in [0, 0.1) is 0 Å². The SMILES string of the molecule is CCCCCC/C=C\CCCCCCCC(O)CC(=O)NC(CO)C(O)/C=C/CCCCCCCCCCCCCC. The molecule has 42 heavy (non-hydrogen) atoms. The standard InChI is InChI=1S/C37H71NO4/c1-3-5-7-9-11-13-15-17-19-21-23-25-27-29-31-36(41)35(33-39)38-37(42)32-34(40)30-28-26-24-22-20-18-16-14-12-10-8-6-4-2/h14,16,29,31,34-36,39-41H,3-13,15,17-28,30,32-33H2,1-2H3,(H,38,42)/b16-14-,31-29+. The highest BCUT2D eigenvalue weighted by Gasteiger charge is 2.20. The lowest BCUT2D eigenvalue weighted by Gasteiger charge is -2.21. The van der Waals surface area contributed by atoms with Gasteiger partial charge >= 0.3 is 0 Å². The first-order chi connectivity index (χ1) is 20.5. The molecule has 0 saturated carbocycles. The fraction of sp³-hybridized carbons (Fsp3) is 0.865. The molecular weight excluding hydrogens is 522 g/mol. The molecule has 3 unspecified atom stereocenters. The molecule has 248 valence electrons. The maximum absolute atomic E-state index is 12.3. The number of aliphatic hydroxyl groups excluding tert-OH is 3. The van der Waals surface area contributed by atoms with Crippen LogP contribution in [0.25, 0.3) is 0 Å². The summed E-state index contributed by atoms with van der Waals surface area (Å²) in [5.41, 5.74) is 0. The molecule has 0 spiro atoms. The Labute approximate surface area is 261 Å². The number of hydrogen-bond donors (Lipinski definition) is 4. The van der Waals surface area contributed by atoms with Gasteiger partial charge in [0.15, 0.2) is 0 Å². The normalized spacial score (nSPS) is 14.1. The largest absolute Gasteiger partial charge is 0.394 e. The van der Waals surface area contributed by atoms with E-state index in [4.69, 9.17) is 0 Å². The average Bonchev–Trinajstić information content (AvgIpc) is 2.98. The van der Waals surface area contributed by atoms with Crippen LogP contribution in [0.15, 0.2) is 24.3 Å². The predicted octanol–water partition coefficient (Wildman–Crippen LogP) is 9.48. The minimum absolute atomic E-state index is 0.00877. The van der Waals surface area contributed by atoms with Gasteiger partial charge in [0.05, 0.1) is 31.3 Å². The number of rotatable bonds is 32. The molecular formula is C37H71NO4. The molecule has 0 aromatic heterocycles. The molecule has 0 saturated heterocycles. The Kier molecular flexibility index (Phi) is 31.8. The van der Waals surface area contributed by atoms with E-state index in [0.717, 1.165) is 38.5 Å². The third-order valence-electron chi connectivity index (χ3n) is 8.23. The zero-order chi connectivity index (χ0) is 30.9. The van der Waals surface area contributed by atoms with E-state index in [-0.39, 0.29) is 18.9 Å². The number of unbranched alkanes of at least 4 members (excludes halogenated alkanes) is 21. The molecule has 1 amide bonds. The van der Waals surface area contributed by atoms with Gasteiger partial charge in [-0.15, -0.1) is 0 Å². The summed E-state index contributed by atoms with van der Waals surface area (Å²) in [5.74, 6) is -0.323. The molecule has 0 aliphatic carbocycles. The van der Waals surface area contributed by atoms with Crippen LogP contribution in [-0.4, -0.2) is 46.1 Å². The molecule has 3 atom stereocenters. The summed E-state index contributed by atoms with van der Waals surface area (Å²) in [6.07, 6.45) is 37.2. The molecule has 4 N–H and O–H groups in total. The monoisotopic (exact) mass is 594 g/mol. The van der Waals surface area contributed by atoms with Crippen molar-refractivity contribution < 1.29 is 20.1 Å². The highest BCUT2D eigenvalue weighted by atomic mass is 16.3. The van der Waals surface area contributed by atoms with Gasteiger partial charge in [0.1, 0.15) is 0 Å². The van der Waals surface area contributed by atoms with Gasteiger partial charge < -0.3 is 20.6 Å². The first-order valence-electron chi connectivity index (χ1n) is 18.1. The molecule has 0 rings (SSSR count). The van der Waals surface area contributed by atoms with Crippen molar-refractivity contribution in [3.8, 4) is 0 Å². The van der Waals surface area contributed by atoms with Crippen LogP contribution < -0.4 is 5.32 Å². The fourth-order valence-electron chi connectivity index (χ4n) is 5.39. The first-order valence-corrected chi connectivity index (χ1v) is 18.1. The molecule has 0 aliphatic heterocycles. The Bertz CT molecular complexity index is 621. The van der Waals surface area contributed by atoms with Gasteiger partial charge in [0.2, 0.25) is 5.91 Å². The van der Waals surface area contributed by atoms with Crippen molar-refractivity contribution in [2.75, 3.05) is 6.61 Å². The van der Waals surface area contributed by atoms with Crippen molar-refractivity contribution in [1.29, 1.82) is 0 Å². The van der Waals surface area contributed by atoms with Gasteiger partial charge in [0.25, 0.3) is 0 Å². The van der Waals surface area contributed by atoms with Crippen molar-refractivity contribution in [3.05, 3.63) is 24.3 Å². The Morgan fingerprint density at radius 2 is 1.00 bits per heavy atom. The van der Waals surface area contributed by atoms with Crippen molar-refractivity contribution in [2.24, 2.45) is 0 Å². The fourth-order valence-corrected chi connectivity index (χ4v) is 5.39. The molecule has 0 heterocycles. The van der Waals surface area contributed by atoms with Gasteiger partial charge in [0, 0.05) is 0 Å². The summed E-state index contributed by atoms with van der Waals surface area (Å²) in [6.45, 7) is 4.17. The van der Waals surface area contributed by atoms with Crippen LogP contribution >= 0.6 is 0 Å². The second-order valence-corrected chi connectivity index (χ2v) is 12.5. The molecule has 0 aliphatic rings. The van der Waals surface area contributed by atoms with E-state index in [1.54, 1.807) is 6.08 Å². The number of amides is 1. The van der Waals surface area contributed by atoms with Crippen molar-refractivity contribution in [2.45, 2.75) is 199 Å². The number of hydrogen-bond acceptors (Lipinski definition) is 4. The van der Waals surface area contributed by atoms with Gasteiger partial charge in [-0.25, -0.2) is 0 Å². The molecule has 0 aromatic rings. The highest BCUT2D eigenvalue weighted by Crippen LogP contribution is 2.14. The minimum atomic E-state index is -0.927. The van der Waals surface area contributed by atoms with E-state index >= 15 is 0 Å². The second kappa shape index (κ2) is 32.7. The van der Waals surface area contributed by atoms with Crippen LogP contribution in [0.4, 0.5) is 0 Å². The summed E-state index contributed by atoms with van der Waals surface area (Å²) in [5, 5.41) is 33.0. The van der Waals surface area contributed by atoms with E-state index in [2.05, 4.69) is 31.3 Å². The molecule has 0 aromatic carbocycles. The Hall–Kier alpha value is -1.17. The number of allylic oxidation sites excluding steroid dienone is 3. The zero-order valence-corrected chi connectivity index (χ0v) is 27.9. The van der Waals surface area contributed by atoms with Crippen LogP contribution in [0.5, 0.6) is 0 Å². The van der Waals surface area contributed by atoms with E-state index in [1.165, 1.54) is 116 Å². The van der Waals surface area contributed by atoms with Crippen LogP contribution in [-0.2, 0) is 4.79 Å². The third kappa shape index (κ3) is 28.9. The highest BCUT2D eigenvalue weighted by molar-refractivity contribution is 5.76. The summed E-state index contributed by atoms with van der Waals surface area (Å²) < 4.78 is 0.